The lowest BCUT2D eigenvalue weighted by Gasteiger charge is -2.10. The Balaban J connectivity index is 2.15. The van der Waals surface area contributed by atoms with E-state index in [4.69, 9.17) is 5.73 Å². The highest BCUT2D eigenvalue weighted by Gasteiger charge is 2.21. The first-order valence-electron chi connectivity index (χ1n) is 6.13. The minimum absolute atomic E-state index is 0.391. The van der Waals surface area contributed by atoms with Gasteiger partial charge in [0.25, 0.3) is 0 Å². The van der Waals surface area contributed by atoms with E-state index < -0.39 is 11.2 Å². The summed E-state index contributed by atoms with van der Waals surface area (Å²) in [5, 5.41) is 7.06. The molecule has 1 unspecified atom stereocenters. The van der Waals surface area contributed by atoms with E-state index in [-0.39, 0.29) is 0 Å². The molecular weight excluding hydrogens is 260 g/mol. The molecule has 1 heterocycles. The third-order valence-electron chi connectivity index (χ3n) is 2.58. The largest absolute Gasteiger partial charge is 0.368 e. The molecule has 0 aliphatic rings. The van der Waals surface area contributed by atoms with Crippen molar-refractivity contribution in [3.8, 4) is 0 Å². The number of rotatable bonds is 6. The summed E-state index contributed by atoms with van der Waals surface area (Å²) in [6, 6.07) is 9.42. The van der Waals surface area contributed by atoms with Crippen LogP contribution in [-0.2, 0) is 11.2 Å². The number of aromatic amines is 1. The molecule has 100 valence electrons. The zero-order valence-electron chi connectivity index (χ0n) is 10.7. The molecule has 6 heteroatoms. The lowest BCUT2D eigenvalue weighted by atomic mass is 10.1. The Morgan fingerprint density at radius 1 is 1.42 bits per heavy atom. The molecular formula is C13H16N4OS. The molecule has 0 saturated heterocycles. The average Bonchev–Trinajstić information content (AvgIpc) is 2.85. The second kappa shape index (κ2) is 6.38. The van der Waals surface area contributed by atoms with Crippen LogP contribution in [0, 0.1) is 0 Å². The third kappa shape index (κ3) is 3.57. The van der Waals surface area contributed by atoms with Crippen LogP contribution in [0.4, 0.5) is 0 Å². The molecule has 0 spiro atoms. The maximum atomic E-state index is 11.6. The minimum Gasteiger partial charge on any atom is -0.368 e. The smallest absolute Gasteiger partial charge is 0.235 e. The number of aryl methyl sites for hydroxylation is 1. The number of hydrogen-bond acceptors (Lipinski definition) is 4. The van der Waals surface area contributed by atoms with E-state index in [1.54, 1.807) is 0 Å². The van der Waals surface area contributed by atoms with Gasteiger partial charge >= 0.3 is 0 Å². The fourth-order valence-corrected chi connectivity index (χ4v) is 2.58. The first-order valence-corrected chi connectivity index (χ1v) is 7.01. The molecule has 0 saturated carbocycles. The molecule has 1 aromatic heterocycles. The number of nitrogens with one attached hydrogen (secondary N) is 1. The number of carbonyl (C=O) groups is 1. The van der Waals surface area contributed by atoms with E-state index in [2.05, 4.69) is 22.1 Å². The fourth-order valence-electron chi connectivity index (χ4n) is 1.70. The standard InChI is InChI=1S/C13H16N4OS/c1-2-6-10-15-13(17-16-10)19-11(12(14)18)9-7-4-3-5-8-9/h3-5,7-8,11H,2,6H2,1H3,(H2,14,18)(H,15,16,17). The Labute approximate surface area is 116 Å². The van der Waals surface area contributed by atoms with Crippen molar-refractivity contribution in [2.75, 3.05) is 0 Å². The maximum Gasteiger partial charge on any atom is 0.235 e. The van der Waals surface area contributed by atoms with Crippen LogP contribution in [0.3, 0.4) is 0 Å². The molecule has 0 aliphatic carbocycles. The molecule has 0 aliphatic heterocycles. The van der Waals surface area contributed by atoms with Crippen LogP contribution in [-0.4, -0.2) is 21.1 Å². The number of carbonyl (C=O) groups excluding carboxylic acids is 1. The van der Waals surface area contributed by atoms with Crippen LogP contribution in [0.1, 0.15) is 30.0 Å². The van der Waals surface area contributed by atoms with Gasteiger partial charge in [0, 0.05) is 6.42 Å². The molecule has 3 N–H and O–H groups in total. The summed E-state index contributed by atoms with van der Waals surface area (Å²) in [7, 11) is 0. The van der Waals surface area contributed by atoms with E-state index >= 15 is 0 Å². The number of H-pyrrole nitrogens is 1. The van der Waals surface area contributed by atoms with Crippen LogP contribution in [0.15, 0.2) is 35.5 Å². The number of nitrogens with zero attached hydrogens (tertiary/aromatic N) is 2. The van der Waals surface area contributed by atoms with Gasteiger partial charge in [-0.05, 0) is 12.0 Å². The fraction of sp³-hybridized carbons (Fsp3) is 0.308. The van der Waals surface area contributed by atoms with Crippen molar-refractivity contribution < 1.29 is 4.79 Å². The summed E-state index contributed by atoms with van der Waals surface area (Å²) in [6.45, 7) is 2.07. The zero-order valence-corrected chi connectivity index (χ0v) is 11.5. The highest BCUT2D eigenvalue weighted by Crippen LogP contribution is 2.32. The van der Waals surface area contributed by atoms with Crippen molar-refractivity contribution >= 4 is 17.7 Å². The van der Waals surface area contributed by atoms with Gasteiger partial charge < -0.3 is 5.73 Å². The number of thioether (sulfide) groups is 1. The topological polar surface area (TPSA) is 84.7 Å². The molecule has 1 aromatic carbocycles. The normalized spacial score (nSPS) is 12.3. The lowest BCUT2D eigenvalue weighted by Crippen LogP contribution is -2.19. The number of amides is 1. The number of benzene rings is 1. The van der Waals surface area contributed by atoms with Crippen LogP contribution in [0.5, 0.6) is 0 Å². The van der Waals surface area contributed by atoms with Crippen molar-refractivity contribution in [1.29, 1.82) is 0 Å². The molecule has 0 fully saturated rings. The molecule has 2 aromatic rings. The van der Waals surface area contributed by atoms with Gasteiger partial charge in [-0.2, -0.15) is 0 Å². The second-order valence-electron chi connectivity index (χ2n) is 4.13. The van der Waals surface area contributed by atoms with Crippen LogP contribution >= 0.6 is 11.8 Å². The van der Waals surface area contributed by atoms with E-state index in [1.807, 2.05) is 30.3 Å². The minimum atomic E-state index is -0.466. The Morgan fingerprint density at radius 2 is 2.16 bits per heavy atom. The number of hydrogen-bond donors (Lipinski definition) is 2. The van der Waals surface area contributed by atoms with Gasteiger partial charge in [-0.15, -0.1) is 5.10 Å². The summed E-state index contributed by atoms with van der Waals surface area (Å²) in [5.74, 6) is 0.444. The lowest BCUT2D eigenvalue weighted by molar-refractivity contribution is -0.117. The summed E-state index contributed by atoms with van der Waals surface area (Å²) >= 11 is 1.27. The van der Waals surface area contributed by atoms with Crippen LogP contribution in [0.25, 0.3) is 0 Å². The van der Waals surface area contributed by atoms with Crippen molar-refractivity contribution in [2.24, 2.45) is 5.73 Å². The quantitative estimate of drug-likeness (QED) is 0.791. The third-order valence-corrected chi connectivity index (χ3v) is 3.72. The predicted molar refractivity (Wildman–Crippen MR) is 74.6 cm³/mol. The molecule has 19 heavy (non-hydrogen) atoms. The number of nitrogens with two attached hydrogens (primary N) is 1. The monoisotopic (exact) mass is 276 g/mol. The second-order valence-corrected chi connectivity index (χ2v) is 5.20. The average molecular weight is 276 g/mol. The Bertz CT molecular complexity index is 541. The van der Waals surface area contributed by atoms with Gasteiger partial charge in [0.1, 0.15) is 11.1 Å². The van der Waals surface area contributed by atoms with Crippen molar-refractivity contribution in [3.05, 3.63) is 41.7 Å². The van der Waals surface area contributed by atoms with E-state index in [0.29, 0.717) is 5.16 Å². The Morgan fingerprint density at radius 3 is 2.79 bits per heavy atom. The molecule has 1 amide bonds. The van der Waals surface area contributed by atoms with Crippen molar-refractivity contribution in [2.45, 2.75) is 30.2 Å². The Kier molecular flexibility index (Phi) is 4.57. The van der Waals surface area contributed by atoms with Crippen molar-refractivity contribution in [1.82, 2.24) is 15.2 Å². The molecule has 2 rings (SSSR count). The molecule has 5 nitrogen and oxygen atoms in total. The van der Waals surface area contributed by atoms with E-state index in [0.717, 1.165) is 24.2 Å². The summed E-state index contributed by atoms with van der Waals surface area (Å²) < 4.78 is 0. The molecule has 1 atom stereocenters. The zero-order chi connectivity index (χ0) is 13.7. The van der Waals surface area contributed by atoms with Gasteiger partial charge in [-0.1, -0.05) is 49.0 Å². The van der Waals surface area contributed by atoms with Gasteiger partial charge in [0.2, 0.25) is 11.1 Å². The molecule has 0 bridgehead atoms. The summed E-state index contributed by atoms with van der Waals surface area (Å²) in [5.41, 5.74) is 6.32. The highest BCUT2D eigenvalue weighted by molar-refractivity contribution is 8.00. The van der Waals surface area contributed by atoms with Gasteiger partial charge in [0.15, 0.2) is 0 Å². The first-order chi connectivity index (χ1) is 9.20. The van der Waals surface area contributed by atoms with E-state index in [9.17, 15) is 4.79 Å². The summed E-state index contributed by atoms with van der Waals surface area (Å²) in [6.07, 6.45) is 1.84. The molecule has 0 radical (unpaired) electrons. The van der Waals surface area contributed by atoms with Crippen molar-refractivity contribution in [3.63, 3.8) is 0 Å². The predicted octanol–water partition coefficient (Wildman–Crippen LogP) is 2.08. The van der Waals surface area contributed by atoms with Crippen LogP contribution in [0.2, 0.25) is 0 Å². The Hall–Kier alpha value is -1.82. The number of primary amides is 1. The van der Waals surface area contributed by atoms with Gasteiger partial charge in [0.05, 0.1) is 0 Å². The summed E-state index contributed by atoms with van der Waals surface area (Å²) in [4.78, 5) is 15.9. The van der Waals surface area contributed by atoms with Gasteiger partial charge in [-0.3, -0.25) is 9.89 Å². The maximum absolute atomic E-state index is 11.6. The highest BCUT2D eigenvalue weighted by atomic mass is 32.2. The number of aromatic nitrogens is 3. The SMILES string of the molecule is CCCc1nc(SC(C(N)=O)c2ccccc2)n[nH]1. The van der Waals surface area contributed by atoms with Crippen LogP contribution < -0.4 is 5.73 Å². The van der Waals surface area contributed by atoms with E-state index in [1.165, 1.54) is 11.8 Å². The van der Waals surface area contributed by atoms with Gasteiger partial charge in [-0.25, -0.2) is 4.98 Å². The first kappa shape index (κ1) is 13.6.